The predicted molar refractivity (Wildman–Crippen MR) is 86.7 cm³/mol. The minimum absolute atomic E-state index is 0.00640. The number of aromatic nitrogens is 5. The van der Waals surface area contributed by atoms with Crippen LogP contribution in [0.1, 0.15) is 5.69 Å². The first-order chi connectivity index (χ1) is 12.3. The lowest BCUT2D eigenvalue weighted by Gasteiger charge is -2.11. The van der Waals surface area contributed by atoms with Crippen LogP contribution < -0.4 is 0 Å². The van der Waals surface area contributed by atoms with Gasteiger partial charge in [-0.05, 0) is 18.2 Å². The molecule has 6 nitrogen and oxygen atoms in total. The molecule has 3 aromatic heterocycles. The molecule has 0 aliphatic carbocycles. The molecule has 0 bridgehead atoms. The van der Waals surface area contributed by atoms with Gasteiger partial charge in [-0.3, -0.25) is 0 Å². The van der Waals surface area contributed by atoms with Gasteiger partial charge in [-0.15, -0.1) is 0 Å². The third kappa shape index (κ3) is 2.78. The molecule has 4 rings (SSSR count). The number of benzene rings is 1. The summed E-state index contributed by atoms with van der Waals surface area (Å²) in [4.78, 5) is 8.12. The molecule has 3 heterocycles. The van der Waals surface area contributed by atoms with E-state index in [0.29, 0.717) is 10.1 Å². The average molecular weight is 400 g/mol. The fourth-order valence-corrected chi connectivity index (χ4v) is 2.71. The number of halogens is 5. The highest BCUT2D eigenvalue weighted by Crippen LogP contribution is 2.35. The topological polar surface area (TPSA) is 69.1 Å². The maximum Gasteiger partial charge on any atom is 0.433 e. The summed E-state index contributed by atoms with van der Waals surface area (Å²) in [6, 6.07) is 5.33. The van der Waals surface area contributed by atoms with Crippen LogP contribution in [0.2, 0.25) is 10.0 Å². The van der Waals surface area contributed by atoms with Crippen LogP contribution in [0.4, 0.5) is 13.2 Å². The third-order valence-corrected chi connectivity index (χ3v) is 4.31. The lowest BCUT2D eigenvalue weighted by molar-refractivity contribution is -0.142. The van der Waals surface area contributed by atoms with Crippen molar-refractivity contribution in [1.29, 1.82) is 0 Å². The minimum Gasteiger partial charge on any atom is -0.334 e. The van der Waals surface area contributed by atoms with Crippen LogP contribution >= 0.6 is 23.2 Å². The molecular weight excluding hydrogens is 394 g/mol. The maximum absolute atomic E-state index is 13.5. The Hall–Kier alpha value is -2.65. The molecule has 11 heteroatoms. The van der Waals surface area contributed by atoms with Crippen LogP contribution in [-0.4, -0.2) is 24.7 Å². The number of rotatable bonds is 2. The maximum atomic E-state index is 13.5. The standard InChI is InChI=1S/C15H6Cl2F3N5O/c16-9-2-1-7(3-10(9)17)11-4-12(15(18,19)20)25-13(24-11)8(5-22-25)14-21-6-23-26-14/h1-6H. The van der Waals surface area contributed by atoms with Gasteiger partial charge in [0.25, 0.3) is 5.89 Å². The van der Waals surface area contributed by atoms with Crippen LogP contribution in [0, 0.1) is 0 Å². The van der Waals surface area contributed by atoms with Gasteiger partial charge in [0.1, 0.15) is 5.56 Å². The Kier molecular flexibility index (Phi) is 3.85. The Morgan fingerprint density at radius 1 is 1.08 bits per heavy atom. The largest absolute Gasteiger partial charge is 0.433 e. The van der Waals surface area contributed by atoms with E-state index in [1.165, 1.54) is 24.4 Å². The monoisotopic (exact) mass is 399 g/mol. The third-order valence-electron chi connectivity index (χ3n) is 3.57. The first-order valence-corrected chi connectivity index (χ1v) is 7.78. The first-order valence-electron chi connectivity index (χ1n) is 7.03. The van der Waals surface area contributed by atoms with Gasteiger partial charge < -0.3 is 4.52 Å². The summed E-state index contributed by atoms with van der Waals surface area (Å²) in [5.74, 6) is 0.00640. The molecule has 0 unspecified atom stereocenters. The average Bonchev–Trinajstić information content (AvgIpc) is 3.24. The van der Waals surface area contributed by atoms with Crippen LogP contribution in [0.15, 0.2) is 41.3 Å². The van der Waals surface area contributed by atoms with E-state index in [1.54, 1.807) is 0 Å². The number of hydrogen-bond donors (Lipinski definition) is 0. The lowest BCUT2D eigenvalue weighted by Crippen LogP contribution is -2.13. The minimum atomic E-state index is -4.66. The summed E-state index contributed by atoms with van der Waals surface area (Å²) >= 11 is 11.8. The molecule has 0 aliphatic heterocycles. The van der Waals surface area contributed by atoms with Crippen molar-refractivity contribution in [2.45, 2.75) is 6.18 Å². The smallest absolute Gasteiger partial charge is 0.334 e. The van der Waals surface area contributed by atoms with Crippen molar-refractivity contribution in [3.05, 3.63) is 52.5 Å². The van der Waals surface area contributed by atoms with Crippen LogP contribution in [-0.2, 0) is 6.18 Å². The van der Waals surface area contributed by atoms with Gasteiger partial charge in [-0.25, -0.2) is 9.50 Å². The fraction of sp³-hybridized carbons (Fsp3) is 0.0667. The van der Waals surface area contributed by atoms with E-state index in [2.05, 4.69) is 20.2 Å². The molecule has 0 N–H and O–H groups in total. The zero-order valence-electron chi connectivity index (χ0n) is 12.5. The predicted octanol–water partition coefficient (Wildman–Crippen LogP) is 4.77. The molecule has 0 spiro atoms. The number of alkyl halides is 3. The van der Waals surface area contributed by atoms with E-state index in [0.717, 1.165) is 12.4 Å². The van der Waals surface area contributed by atoms with Gasteiger partial charge in [0, 0.05) is 5.56 Å². The molecule has 1 aromatic carbocycles. The zero-order chi connectivity index (χ0) is 18.5. The molecule has 4 aromatic rings. The molecule has 0 amide bonds. The van der Waals surface area contributed by atoms with Crippen molar-refractivity contribution < 1.29 is 17.7 Å². The van der Waals surface area contributed by atoms with Crippen molar-refractivity contribution in [3.8, 4) is 22.7 Å². The van der Waals surface area contributed by atoms with Gasteiger partial charge in [0.05, 0.1) is 21.9 Å². The van der Waals surface area contributed by atoms with E-state index >= 15 is 0 Å². The Morgan fingerprint density at radius 2 is 1.88 bits per heavy atom. The van der Waals surface area contributed by atoms with Gasteiger partial charge in [-0.1, -0.05) is 34.4 Å². The van der Waals surface area contributed by atoms with Crippen molar-refractivity contribution in [2.24, 2.45) is 0 Å². The van der Waals surface area contributed by atoms with Crippen LogP contribution in [0.3, 0.4) is 0 Å². The molecule has 0 aliphatic rings. The van der Waals surface area contributed by atoms with E-state index in [1.807, 2.05) is 0 Å². The molecule has 0 saturated carbocycles. The second-order valence-electron chi connectivity index (χ2n) is 5.19. The SMILES string of the molecule is FC(F)(F)c1cc(-c2ccc(Cl)c(Cl)c2)nc2c(-c3ncno3)cnn12. The van der Waals surface area contributed by atoms with Crippen molar-refractivity contribution in [2.75, 3.05) is 0 Å². The van der Waals surface area contributed by atoms with Crippen LogP contribution in [0.25, 0.3) is 28.4 Å². The second-order valence-corrected chi connectivity index (χ2v) is 6.01. The van der Waals surface area contributed by atoms with Gasteiger partial charge >= 0.3 is 6.18 Å². The molecule has 0 saturated heterocycles. The quantitative estimate of drug-likeness (QED) is 0.485. The summed E-state index contributed by atoms with van der Waals surface area (Å²) < 4.78 is 46.2. The normalized spacial score (nSPS) is 12.0. The summed E-state index contributed by atoms with van der Waals surface area (Å²) in [6.07, 6.45) is -2.35. The van der Waals surface area contributed by atoms with Crippen molar-refractivity contribution in [1.82, 2.24) is 24.7 Å². The van der Waals surface area contributed by atoms with Gasteiger partial charge in [-0.2, -0.15) is 23.3 Å². The Balaban J connectivity index is 2.02. The molecule has 26 heavy (non-hydrogen) atoms. The van der Waals surface area contributed by atoms with Crippen LogP contribution in [0.5, 0.6) is 0 Å². The van der Waals surface area contributed by atoms with Gasteiger partial charge in [0.2, 0.25) is 0 Å². The van der Waals surface area contributed by atoms with Gasteiger partial charge in [0.15, 0.2) is 17.7 Å². The van der Waals surface area contributed by atoms with E-state index in [9.17, 15) is 13.2 Å². The summed E-state index contributed by atoms with van der Waals surface area (Å²) in [5.41, 5.74) is -0.496. The molecule has 0 fully saturated rings. The zero-order valence-corrected chi connectivity index (χ0v) is 14.0. The number of hydrogen-bond acceptors (Lipinski definition) is 5. The highest BCUT2D eigenvalue weighted by Gasteiger charge is 2.36. The van der Waals surface area contributed by atoms with E-state index in [-0.39, 0.29) is 32.8 Å². The number of nitrogens with zero attached hydrogens (tertiary/aromatic N) is 5. The van der Waals surface area contributed by atoms with Crippen molar-refractivity contribution in [3.63, 3.8) is 0 Å². The molecule has 132 valence electrons. The first kappa shape index (κ1) is 16.8. The summed E-state index contributed by atoms with van der Waals surface area (Å²) in [7, 11) is 0. The molecule has 0 radical (unpaired) electrons. The highest BCUT2D eigenvalue weighted by molar-refractivity contribution is 6.42. The number of fused-ring (bicyclic) bond motifs is 1. The summed E-state index contributed by atoms with van der Waals surface area (Å²) in [5, 5.41) is 7.70. The van der Waals surface area contributed by atoms with Crippen molar-refractivity contribution >= 4 is 28.8 Å². The Bertz CT molecular complexity index is 1110. The lowest BCUT2D eigenvalue weighted by atomic mass is 10.1. The Labute approximate surface area is 153 Å². The Morgan fingerprint density at radius 3 is 2.54 bits per heavy atom. The summed E-state index contributed by atoms with van der Waals surface area (Å²) in [6.45, 7) is 0. The second kappa shape index (κ2) is 5.96. The van der Waals surface area contributed by atoms with E-state index < -0.39 is 11.9 Å². The highest BCUT2D eigenvalue weighted by atomic mass is 35.5. The van der Waals surface area contributed by atoms with E-state index in [4.69, 9.17) is 27.7 Å². The molecular formula is C15H6Cl2F3N5O. The molecule has 0 atom stereocenters. The fourth-order valence-electron chi connectivity index (χ4n) is 2.41.